The number of fused-ring (bicyclic) bond motifs is 2. The molecule has 7 heteroatoms. The predicted octanol–water partition coefficient (Wildman–Crippen LogP) is 2.56. The minimum absolute atomic E-state index is 0.124. The summed E-state index contributed by atoms with van der Waals surface area (Å²) in [5.41, 5.74) is 3.34. The fourth-order valence-corrected chi connectivity index (χ4v) is 2.87. The van der Waals surface area contributed by atoms with E-state index in [0.29, 0.717) is 22.7 Å². The van der Waals surface area contributed by atoms with Crippen LogP contribution in [-0.2, 0) is 4.79 Å². The largest absolute Gasteiger partial charge is 0.479 e. The van der Waals surface area contributed by atoms with Crippen molar-refractivity contribution in [1.82, 2.24) is 9.97 Å². The van der Waals surface area contributed by atoms with Gasteiger partial charge >= 0.3 is 0 Å². The van der Waals surface area contributed by atoms with Crippen LogP contribution in [-0.4, -0.2) is 34.9 Å². The van der Waals surface area contributed by atoms with Crippen LogP contribution < -0.4 is 15.0 Å². The van der Waals surface area contributed by atoms with Gasteiger partial charge in [-0.25, -0.2) is 4.98 Å². The topological polar surface area (TPSA) is 87.3 Å². The molecule has 0 saturated carbocycles. The first kappa shape index (κ1) is 15.2. The number of carbonyl (C=O) groups is 2. The van der Waals surface area contributed by atoms with Crippen molar-refractivity contribution in [1.29, 1.82) is 0 Å². The molecular formula is C18H16N4O3. The third-order valence-corrected chi connectivity index (χ3v) is 4.24. The molecule has 1 unspecified atom stereocenters. The second-order valence-corrected chi connectivity index (χ2v) is 5.93. The molecule has 25 heavy (non-hydrogen) atoms. The van der Waals surface area contributed by atoms with Gasteiger partial charge in [0.25, 0.3) is 11.8 Å². The molecule has 2 aromatic carbocycles. The summed E-state index contributed by atoms with van der Waals surface area (Å²) in [5, 5.41) is 2.85. The van der Waals surface area contributed by atoms with Gasteiger partial charge in [-0.05, 0) is 43.3 Å². The van der Waals surface area contributed by atoms with Crippen LogP contribution in [0.15, 0.2) is 42.7 Å². The summed E-state index contributed by atoms with van der Waals surface area (Å²) in [6.07, 6.45) is 1.07. The van der Waals surface area contributed by atoms with Gasteiger partial charge in [-0.3, -0.25) is 9.59 Å². The number of nitrogens with one attached hydrogen (secondary N) is 2. The molecule has 1 atom stereocenters. The van der Waals surface area contributed by atoms with Gasteiger partial charge in [-0.2, -0.15) is 0 Å². The molecule has 0 radical (unpaired) electrons. The first-order chi connectivity index (χ1) is 12.0. The smallest absolute Gasteiger partial charge is 0.267 e. The number of rotatable bonds is 2. The average molecular weight is 336 g/mol. The Labute approximate surface area is 143 Å². The average Bonchev–Trinajstić information content (AvgIpc) is 3.08. The lowest BCUT2D eigenvalue weighted by molar-refractivity contribution is -0.125. The number of carbonyl (C=O) groups excluding carboxylic acids is 2. The third-order valence-electron chi connectivity index (χ3n) is 4.24. The Balaban J connectivity index is 1.60. The molecule has 2 N–H and O–H groups in total. The highest BCUT2D eigenvalue weighted by Gasteiger charge is 2.29. The highest BCUT2D eigenvalue weighted by Crippen LogP contribution is 2.35. The van der Waals surface area contributed by atoms with Crippen molar-refractivity contribution in [2.24, 2.45) is 0 Å². The molecule has 0 spiro atoms. The number of likely N-dealkylation sites (N-methyl/N-ethyl adjacent to an activating group) is 1. The third kappa shape index (κ3) is 2.59. The fraction of sp³-hybridized carbons (Fsp3) is 0.167. The number of aromatic nitrogens is 2. The van der Waals surface area contributed by atoms with Crippen molar-refractivity contribution >= 4 is 34.2 Å². The quantitative estimate of drug-likeness (QED) is 0.753. The van der Waals surface area contributed by atoms with Crippen LogP contribution in [0.4, 0.5) is 11.4 Å². The highest BCUT2D eigenvalue weighted by atomic mass is 16.5. The summed E-state index contributed by atoms with van der Waals surface area (Å²) in [5.74, 6) is 0.252. The zero-order valence-corrected chi connectivity index (χ0v) is 13.7. The van der Waals surface area contributed by atoms with Crippen molar-refractivity contribution in [3.8, 4) is 5.75 Å². The Hall–Kier alpha value is -3.35. The number of nitrogens with zero attached hydrogens (tertiary/aromatic N) is 2. The number of benzene rings is 2. The van der Waals surface area contributed by atoms with Crippen molar-refractivity contribution in [2.45, 2.75) is 13.0 Å². The minimum Gasteiger partial charge on any atom is -0.479 e. The van der Waals surface area contributed by atoms with Gasteiger partial charge in [-0.15, -0.1) is 0 Å². The maximum absolute atomic E-state index is 12.5. The van der Waals surface area contributed by atoms with E-state index in [4.69, 9.17) is 4.74 Å². The molecule has 1 aliphatic heterocycles. The Kier molecular flexibility index (Phi) is 3.42. The maximum Gasteiger partial charge on any atom is 0.267 e. The molecule has 1 aliphatic rings. The standard InChI is InChI=1S/C18H16N4O3/c1-10-18(24)22(2)15-8-12(4-6-16(15)25-10)21-17(23)11-3-5-13-14(7-11)20-9-19-13/h3-10H,1-2H3,(H,19,20)(H,21,23). The number of hydrogen-bond donors (Lipinski definition) is 2. The summed E-state index contributed by atoms with van der Waals surface area (Å²) in [6, 6.07) is 10.5. The van der Waals surface area contributed by atoms with Gasteiger partial charge < -0.3 is 19.9 Å². The lowest BCUT2D eigenvalue weighted by atomic mass is 10.1. The van der Waals surface area contributed by atoms with E-state index in [1.54, 1.807) is 56.7 Å². The molecule has 0 aliphatic carbocycles. The van der Waals surface area contributed by atoms with Crippen molar-refractivity contribution < 1.29 is 14.3 Å². The van der Waals surface area contributed by atoms with Gasteiger partial charge in [0.05, 0.1) is 23.0 Å². The lowest BCUT2D eigenvalue weighted by Gasteiger charge is -2.30. The molecule has 0 fully saturated rings. The van der Waals surface area contributed by atoms with E-state index in [-0.39, 0.29) is 11.8 Å². The zero-order chi connectivity index (χ0) is 17.6. The van der Waals surface area contributed by atoms with Crippen LogP contribution in [0.1, 0.15) is 17.3 Å². The second-order valence-electron chi connectivity index (χ2n) is 5.93. The summed E-state index contributed by atoms with van der Waals surface area (Å²) in [6.45, 7) is 1.71. The van der Waals surface area contributed by atoms with Crippen molar-refractivity contribution in [3.05, 3.63) is 48.3 Å². The molecule has 0 bridgehead atoms. The number of hydrogen-bond acceptors (Lipinski definition) is 4. The molecule has 126 valence electrons. The lowest BCUT2D eigenvalue weighted by Crippen LogP contribution is -2.41. The number of imidazole rings is 1. The predicted molar refractivity (Wildman–Crippen MR) is 94.0 cm³/mol. The van der Waals surface area contributed by atoms with Gasteiger partial charge in [0.2, 0.25) is 0 Å². The molecule has 1 aromatic heterocycles. The van der Waals surface area contributed by atoms with E-state index in [0.717, 1.165) is 11.0 Å². The first-order valence-corrected chi connectivity index (χ1v) is 7.86. The van der Waals surface area contributed by atoms with Crippen LogP contribution in [0, 0.1) is 0 Å². The Morgan fingerprint density at radius 2 is 2.12 bits per heavy atom. The monoisotopic (exact) mass is 336 g/mol. The molecular weight excluding hydrogens is 320 g/mol. The van der Waals surface area contributed by atoms with Gasteiger partial charge in [0, 0.05) is 18.3 Å². The van der Waals surface area contributed by atoms with E-state index >= 15 is 0 Å². The number of amides is 2. The van der Waals surface area contributed by atoms with Gasteiger partial charge in [0.15, 0.2) is 6.10 Å². The van der Waals surface area contributed by atoms with Crippen LogP contribution in [0.5, 0.6) is 5.75 Å². The first-order valence-electron chi connectivity index (χ1n) is 7.86. The maximum atomic E-state index is 12.5. The van der Waals surface area contributed by atoms with E-state index in [2.05, 4.69) is 15.3 Å². The van der Waals surface area contributed by atoms with Crippen LogP contribution in [0.2, 0.25) is 0 Å². The van der Waals surface area contributed by atoms with Gasteiger partial charge in [0.1, 0.15) is 5.75 Å². The second kappa shape index (κ2) is 5.62. The summed E-state index contributed by atoms with van der Waals surface area (Å²) in [4.78, 5) is 33.2. The summed E-state index contributed by atoms with van der Waals surface area (Å²) < 4.78 is 5.58. The van der Waals surface area contributed by atoms with E-state index in [1.807, 2.05) is 0 Å². The van der Waals surface area contributed by atoms with E-state index in [9.17, 15) is 9.59 Å². The molecule has 0 saturated heterocycles. The number of anilines is 2. The molecule has 4 rings (SSSR count). The Morgan fingerprint density at radius 1 is 1.28 bits per heavy atom. The number of ether oxygens (including phenoxy) is 1. The Morgan fingerprint density at radius 3 is 2.96 bits per heavy atom. The highest BCUT2D eigenvalue weighted by molar-refractivity contribution is 6.07. The number of H-pyrrole nitrogens is 1. The zero-order valence-electron chi connectivity index (χ0n) is 13.7. The SMILES string of the molecule is CC1Oc2ccc(NC(=O)c3ccc4nc[nH]c4c3)cc2N(C)C1=O. The van der Waals surface area contributed by atoms with Crippen LogP contribution >= 0.6 is 0 Å². The fourth-order valence-electron chi connectivity index (χ4n) is 2.87. The van der Waals surface area contributed by atoms with E-state index in [1.165, 1.54) is 4.90 Å². The van der Waals surface area contributed by atoms with E-state index < -0.39 is 6.10 Å². The van der Waals surface area contributed by atoms with Gasteiger partial charge in [-0.1, -0.05) is 0 Å². The molecule has 2 heterocycles. The van der Waals surface area contributed by atoms with Crippen LogP contribution in [0.25, 0.3) is 11.0 Å². The minimum atomic E-state index is -0.515. The number of aromatic amines is 1. The molecule has 2 amide bonds. The van der Waals surface area contributed by atoms with Crippen molar-refractivity contribution in [2.75, 3.05) is 17.3 Å². The van der Waals surface area contributed by atoms with Crippen LogP contribution in [0.3, 0.4) is 0 Å². The normalized spacial score (nSPS) is 16.5. The molecule has 3 aromatic rings. The summed E-state index contributed by atoms with van der Waals surface area (Å²) >= 11 is 0. The molecule has 7 nitrogen and oxygen atoms in total. The summed E-state index contributed by atoms with van der Waals surface area (Å²) in [7, 11) is 1.69. The van der Waals surface area contributed by atoms with Crippen molar-refractivity contribution in [3.63, 3.8) is 0 Å². The Bertz CT molecular complexity index is 995.